The normalized spacial score (nSPS) is 17.2. The molecule has 0 aliphatic heterocycles. The lowest BCUT2D eigenvalue weighted by Crippen LogP contribution is -2.49. The highest BCUT2D eigenvalue weighted by molar-refractivity contribution is 7.20. The van der Waals surface area contributed by atoms with Crippen LogP contribution in [0.4, 0.5) is 0 Å². The molecule has 0 bridgehead atoms. The maximum absolute atomic E-state index is 12.5. The van der Waals surface area contributed by atoms with E-state index in [9.17, 15) is 14.7 Å². The molecule has 1 aliphatic rings. The zero-order valence-electron chi connectivity index (χ0n) is 11.7. The zero-order valence-corrected chi connectivity index (χ0v) is 12.5. The van der Waals surface area contributed by atoms with Gasteiger partial charge in [0, 0.05) is 0 Å². The SMILES string of the molecule is Cc1c(C(=O)NC2(CO)CCCC2)sc2nc[nH]c(=O)c12. The number of amides is 1. The Morgan fingerprint density at radius 3 is 2.86 bits per heavy atom. The van der Waals surface area contributed by atoms with Crippen LogP contribution in [0.25, 0.3) is 10.2 Å². The summed E-state index contributed by atoms with van der Waals surface area (Å²) in [6.45, 7) is 1.70. The number of thiophene rings is 1. The minimum absolute atomic E-state index is 0.0541. The van der Waals surface area contributed by atoms with Gasteiger partial charge in [0.1, 0.15) is 4.83 Å². The van der Waals surface area contributed by atoms with Gasteiger partial charge in [-0.15, -0.1) is 11.3 Å². The molecule has 3 N–H and O–H groups in total. The minimum Gasteiger partial charge on any atom is -0.394 e. The molecule has 0 spiro atoms. The predicted molar refractivity (Wildman–Crippen MR) is 80.7 cm³/mol. The third-order valence-corrected chi connectivity index (χ3v) is 5.38. The third-order valence-electron chi connectivity index (χ3n) is 4.18. The van der Waals surface area contributed by atoms with Crippen LogP contribution in [0, 0.1) is 6.92 Å². The quantitative estimate of drug-likeness (QED) is 0.797. The number of nitrogens with zero attached hydrogens (tertiary/aromatic N) is 1. The Kier molecular flexibility index (Phi) is 3.54. The van der Waals surface area contributed by atoms with Crippen LogP contribution < -0.4 is 10.9 Å². The molecular weight excluding hydrogens is 290 g/mol. The molecule has 2 heterocycles. The van der Waals surface area contributed by atoms with E-state index in [-0.39, 0.29) is 18.1 Å². The van der Waals surface area contributed by atoms with Gasteiger partial charge in [0.25, 0.3) is 11.5 Å². The third kappa shape index (κ3) is 2.36. The lowest BCUT2D eigenvalue weighted by atomic mass is 9.98. The first kappa shape index (κ1) is 14.2. The highest BCUT2D eigenvalue weighted by Crippen LogP contribution is 2.31. The van der Waals surface area contributed by atoms with E-state index >= 15 is 0 Å². The molecule has 2 aromatic rings. The van der Waals surface area contributed by atoms with Gasteiger partial charge in [-0.05, 0) is 25.3 Å². The number of hydrogen-bond acceptors (Lipinski definition) is 5. The fourth-order valence-electron chi connectivity index (χ4n) is 2.97. The van der Waals surface area contributed by atoms with Gasteiger partial charge in [-0.25, -0.2) is 4.98 Å². The van der Waals surface area contributed by atoms with Crippen molar-refractivity contribution in [3.8, 4) is 0 Å². The number of hydrogen-bond donors (Lipinski definition) is 3. The summed E-state index contributed by atoms with van der Waals surface area (Å²) in [5.41, 5.74) is -0.0991. The molecule has 7 heteroatoms. The van der Waals surface area contributed by atoms with Gasteiger partial charge >= 0.3 is 0 Å². The fraction of sp³-hybridized carbons (Fsp3) is 0.500. The molecule has 1 aliphatic carbocycles. The fourth-order valence-corrected chi connectivity index (χ4v) is 4.01. The van der Waals surface area contributed by atoms with Crippen molar-refractivity contribution in [3.63, 3.8) is 0 Å². The maximum atomic E-state index is 12.5. The van der Waals surface area contributed by atoms with Crippen molar-refractivity contribution in [2.45, 2.75) is 38.1 Å². The lowest BCUT2D eigenvalue weighted by Gasteiger charge is -2.27. The smallest absolute Gasteiger partial charge is 0.262 e. The number of carbonyl (C=O) groups is 1. The summed E-state index contributed by atoms with van der Waals surface area (Å²) in [5.74, 6) is -0.231. The molecule has 0 radical (unpaired) electrons. The van der Waals surface area contributed by atoms with Crippen LogP contribution >= 0.6 is 11.3 Å². The summed E-state index contributed by atoms with van der Waals surface area (Å²) in [6, 6.07) is 0. The van der Waals surface area contributed by atoms with Crippen LogP contribution in [0.1, 0.15) is 40.9 Å². The number of aliphatic hydroxyl groups is 1. The number of carbonyl (C=O) groups excluding carboxylic acids is 1. The summed E-state index contributed by atoms with van der Waals surface area (Å²) in [7, 11) is 0. The van der Waals surface area contributed by atoms with Crippen molar-refractivity contribution in [1.82, 2.24) is 15.3 Å². The molecule has 0 atom stereocenters. The standard InChI is InChI=1S/C14H17N3O3S/c1-8-9-11(19)15-7-16-13(9)21-10(8)12(20)17-14(6-18)4-2-3-5-14/h7,18H,2-6H2,1H3,(H,17,20)(H,15,16,19). The zero-order chi connectivity index (χ0) is 15.0. The minimum atomic E-state index is -0.514. The summed E-state index contributed by atoms with van der Waals surface area (Å²) in [5, 5.41) is 13.0. The van der Waals surface area contributed by atoms with Gasteiger partial charge in [-0.1, -0.05) is 12.8 Å². The lowest BCUT2D eigenvalue weighted by molar-refractivity contribution is 0.0842. The number of H-pyrrole nitrogens is 1. The number of aromatic nitrogens is 2. The van der Waals surface area contributed by atoms with Crippen molar-refractivity contribution in [2.24, 2.45) is 0 Å². The van der Waals surface area contributed by atoms with Gasteiger partial charge in [0.05, 0.1) is 28.7 Å². The van der Waals surface area contributed by atoms with E-state index < -0.39 is 5.54 Å². The molecule has 21 heavy (non-hydrogen) atoms. The van der Waals surface area contributed by atoms with E-state index in [1.807, 2.05) is 0 Å². The van der Waals surface area contributed by atoms with Crippen LogP contribution in [0.15, 0.2) is 11.1 Å². The van der Waals surface area contributed by atoms with E-state index in [0.717, 1.165) is 25.7 Å². The number of aliphatic hydroxyl groups excluding tert-OH is 1. The molecule has 0 saturated heterocycles. The van der Waals surface area contributed by atoms with Gasteiger partial charge in [0.15, 0.2) is 0 Å². The maximum Gasteiger partial charge on any atom is 0.262 e. The van der Waals surface area contributed by atoms with E-state index in [0.29, 0.717) is 20.7 Å². The second-order valence-electron chi connectivity index (χ2n) is 5.57. The summed E-state index contributed by atoms with van der Waals surface area (Å²) in [6.07, 6.45) is 4.94. The number of nitrogens with one attached hydrogen (secondary N) is 2. The van der Waals surface area contributed by atoms with E-state index in [2.05, 4.69) is 15.3 Å². The largest absolute Gasteiger partial charge is 0.394 e. The Morgan fingerprint density at radius 1 is 1.52 bits per heavy atom. The molecule has 1 fully saturated rings. The van der Waals surface area contributed by atoms with Crippen molar-refractivity contribution in [3.05, 3.63) is 27.1 Å². The van der Waals surface area contributed by atoms with Gasteiger partial charge < -0.3 is 15.4 Å². The van der Waals surface area contributed by atoms with Crippen molar-refractivity contribution >= 4 is 27.5 Å². The second-order valence-corrected chi connectivity index (χ2v) is 6.57. The Balaban J connectivity index is 1.97. The van der Waals surface area contributed by atoms with Crippen LogP contribution in [0.3, 0.4) is 0 Å². The summed E-state index contributed by atoms with van der Waals surface area (Å²) < 4.78 is 0. The van der Waals surface area contributed by atoms with Crippen LogP contribution in [0.2, 0.25) is 0 Å². The molecule has 3 rings (SSSR count). The molecule has 1 saturated carbocycles. The van der Waals surface area contributed by atoms with Gasteiger partial charge in [-0.3, -0.25) is 9.59 Å². The van der Waals surface area contributed by atoms with Gasteiger partial charge in [-0.2, -0.15) is 0 Å². The molecule has 6 nitrogen and oxygen atoms in total. The average molecular weight is 307 g/mol. The first-order valence-electron chi connectivity index (χ1n) is 6.96. The van der Waals surface area contributed by atoms with E-state index in [1.54, 1.807) is 6.92 Å². The molecular formula is C14H17N3O3S. The van der Waals surface area contributed by atoms with Crippen LogP contribution in [0.5, 0.6) is 0 Å². The van der Waals surface area contributed by atoms with Crippen LogP contribution in [-0.4, -0.2) is 33.1 Å². The molecule has 112 valence electrons. The number of rotatable bonds is 3. The van der Waals surface area contributed by atoms with E-state index in [1.165, 1.54) is 17.7 Å². The Labute approximate surface area is 125 Å². The summed E-state index contributed by atoms with van der Waals surface area (Å²) in [4.78, 5) is 32.0. The molecule has 2 aromatic heterocycles. The first-order chi connectivity index (χ1) is 10.1. The highest BCUT2D eigenvalue weighted by atomic mass is 32.1. The molecule has 1 amide bonds. The average Bonchev–Trinajstić information content (AvgIpc) is 3.05. The Bertz CT molecular complexity index is 743. The number of fused-ring (bicyclic) bond motifs is 1. The second kappa shape index (κ2) is 5.23. The van der Waals surface area contributed by atoms with Crippen molar-refractivity contribution in [2.75, 3.05) is 6.61 Å². The van der Waals surface area contributed by atoms with Crippen molar-refractivity contribution < 1.29 is 9.90 Å². The Morgan fingerprint density at radius 2 is 2.24 bits per heavy atom. The predicted octanol–water partition coefficient (Wildman–Crippen LogP) is 1.33. The van der Waals surface area contributed by atoms with Crippen LogP contribution in [-0.2, 0) is 0 Å². The Hall–Kier alpha value is -1.73. The van der Waals surface area contributed by atoms with Crippen molar-refractivity contribution in [1.29, 1.82) is 0 Å². The number of aromatic amines is 1. The summed E-state index contributed by atoms with van der Waals surface area (Å²) >= 11 is 1.21. The first-order valence-corrected chi connectivity index (χ1v) is 7.78. The monoisotopic (exact) mass is 307 g/mol. The van der Waals surface area contributed by atoms with Gasteiger partial charge in [0.2, 0.25) is 0 Å². The number of aryl methyl sites for hydroxylation is 1. The van der Waals surface area contributed by atoms with E-state index in [4.69, 9.17) is 0 Å². The highest BCUT2D eigenvalue weighted by Gasteiger charge is 2.35. The molecule has 0 unspecified atom stereocenters. The molecule has 0 aromatic carbocycles. The topological polar surface area (TPSA) is 95.1 Å².